The molecule has 0 radical (unpaired) electrons. The number of nitrogens with two attached hydrogens (primary N) is 1. The fourth-order valence-corrected chi connectivity index (χ4v) is 3.97. The zero-order valence-corrected chi connectivity index (χ0v) is 16.0. The van der Waals surface area contributed by atoms with Crippen LogP contribution >= 0.6 is 11.3 Å². The minimum atomic E-state index is -0.468. The first kappa shape index (κ1) is 18.8. The van der Waals surface area contributed by atoms with Crippen LogP contribution in [0.3, 0.4) is 0 Å². The van der Waals surface area contributed by atoms with E-state index in [1.165, 1.54) is 22.2 Å². The molecule has 140 valence electrons. The van der Waals surface area contributed by atoms with Crippen molar-refractivity contribution in [1.29, 1.82) is 0 Å². The molecule has 2 heterocycles. The van der Waals surface area contributed by atoms with Crippen molar-refractivity contribution in [3.63, 3.8) is 0 Å². The molecule has 0 atom stereocenters. The molecule has 0 unspecified atom stereocenters. The number of aryl methyl sites for hydroxylation is 2. The molecule has 7 nitrogen and oxygen atoms in total. The quantitative estimate of drug-likeness (QED) is 0.701. The molecule has 0 aliphatic rings. The van der Waals surface area contributed by atoms with E-state index in [0.717, 1.165) is 5.56 Å². The van der Waals surface area contributed by atoms with E-state index in [4.69, 9.17) is 5.73 Å². The Labute approximate surface area is 160 Å². The third kappa shape index (κ3) is 3.90. The van der Waals surface area contributed by atoms with Crippen molar-refractivity contribution in [3.8, 4) is 0 Å². The van der Waals surface area contributed by atoms with Crippen molar-refractivity contribution in [1.82, 2.24) is 14.5 Å². The highest BCUT2D eigenvalue weighted by Gasteiger charge is 2.24. The van der Waals surface area contributed by atoms with E-state index in [0.29, 0.717) is 27.2 Å². The second kappa shape index (κ2) is 7.71. The predicted molar refractivity (Wildman–Crippen MR) is 105 cm³/mol. The number of amides is 2. The first-order valence-corrected chi connectivity index (χ1v) is 9.26. The fraction of sp³-hybridized carbons (Fsp3) is 0.263. The Kier molecular flexibility index (Phi) is 5.36. The van der Waals surface area contributed by atoms with Gasteiger partial charge >= 0.3 is 0 Å². The molecule has 0 saturated heterocycles. The Morgan fingerprint density at radius 2 is 1.96 bits per heavy atom. The molecule has 0 bridgehead atoms. The number of primary amides is 1. The van der Waals surface area contributed by atoms with Crippen molar-refractivity contribution < 1.29 is 9.59 Å². The van der Waals surface area contributed by atoms with Gasteiger partial charge in [-0.3, -0.25) is 14.4 Å². The van der Waals surface area contributed by atoms with Gasteiger partial charge in [-0.05, 0) is 18.1 Å². The number of rotatable bonds is 6. The standard InChI is InChI=1S/C19H20N4O3S/c1-12-15-17(21-11-22(2)18(15)25)27-16(12)19(26)23(9-8-14(20)24)10-13-6-4-3-5-7-13/h3-7,11H,8-10H2,1-2H3,(H2,20,24). The molecule has 0 fully saturated rings. The normalized spacial score (nSPS) is 10.9. The van der Waals surface area contributed by atoms with Crippen molar-refractivity contribution >= 4 is 33.4 Å². The minimum absolute atomic E-state index is 0.0720. The fourth-order valence-electron chi connectivity index (χ4n) is 2.86. The lowest BCUT2D eigenvalue weighted by atomic mass is 10.1. The van der Waals surface area contributed by atoms with Crippen LogP contribution in [0.5, 0.6) is 0 Å². The van der Waals surface area contributed by atoms with Crippen molar-refractivity contribution in [3.05, 3.63) is 63.0 Å². The van der Waals surface area contributed by atoms with Gasteiger partial charge in [0.1, 0.15) is 4.83 Å². The van der Waals surface area contributed by atoms with Gasteiger partial charge in [0, 0.05) is 26.6 Å². The average Bonchev–Trinajstić information content (AvgIpc) is 2.99. The Bertz CT molecular complexity index is 1060. The summed E-state index contributed by atoms with van der Waals surface area (Å²) in [5.74, 6) is -0.702. The molecule has 0 aliphatic carbocycles. The van der Waals surface area contributed by atoms with Crippen LogP contribution in [-0.4, -0.2) is 32.8 Å². The molecule has 3 aromatic rings. The molecule has 2 amide bonds. The highest BCUT2D eigenvalue weighted by Crippen LogP contribution is 2.28. The number of nitrogens with zero attached hydrogens (tertiary/aromatic N) is 3. The molecule has 27 heavy (non-hydrogen) atoms. The molecule has 0 spiro atoms. The van der Waals surface area contributed by atoms with Crippen LogP contribution in [-0.2, 0) is 18.4 Å². The van der Waals surface area contributed by atoms with Crippen molar-refractivity contribution in [2.75, 3.05) is 6.54 Å². The van der Waals surface area contributed by atoms with E-state index in [1.54, 1.807) is 18.9 Å². The Balaban J connectivity index is 1.99. The van der Waals surface area contributed by atoms with E-state index < -0.39 is 5.91 Å². The molecule has 3 rings (SSSR count). The van der Waals surface area contributed by atoms with Gasteiger partial charge in [-0.15, -0.1) is 11.3 Å². The Morgan fingerprint density at radius 3 is 2.63 bits per heavy atom. The predicted octanol–water partition coefficient (Wildman–Crippen LogP) is 1.82. The zero-order valence-electron chi connectivity index (χ0n) is 15.1. The lowest BCUT2D eigenvalue weighted by Crippen LogP contribution is -2.33. The Hall–Kier alpha value is -3.00. The molecule has 8 heteroatoms. The van der Waals surface area contributed by atoms with E-state index >= 15 is 0 Å². The number of aromatic nitrogens is 2. The van der Waals surface area contributed by atoms with Gasteiger partial charge in [-0.2, -0.15) is 0 Å². The summed E-state index contributed by atoms with van der Waals surface area (Å²) in [7, 11) is 1.63. The lowest BCUT2D eigenvalue weighted by molar-refractivity contribution is -0.118. The van der Waals surface area contributed by atoms with Crippen LogP contribution in [0.15, 0.2) is 41.5 Å². The second-order valence-electron chi connectivity index (χ2n) is 6.33. The van der Waals surface area contributed by atoms with Gasteiger partial charge in [0.15, 0.2) is 0 Å². The SMILES string of the molecule is Cc1c(C(=O)N(CCC(N)=O)Cc2ccccc2)sc2ncn(C)c(=O)c12. The van der Waals surface area contributed by atoms with Gasteiger partial charge in [0.25, 0.3) is 11.5 Å². The van der Waals surface area contributed by atoms with Crippen molar-refractivity contribution in [2.45, 2.75) is 19.9 Å². The number of carbonyl (C=O) groups excluding carboxylic acids is 2. The molecular formula is C19H20N4O3S. The molecule has 2 aromatic heterocycles. The summed E-state index contributed by atoms with van der Waals surface area (Å²) in [4.78, 5) is 43.7. The van der Waals surface area contributed by atoms with E-state index in [9.17, 15) is 14.4 Å². The average molecular weight is 384 g/mol. The largest absolute Gasteiger partial charge is 0.370 e. The first-order chi connectivity index (χ1) is 12.9. The highest BCUT2D eigenvalue weighted by atomic mass is 32.1. The number of carbonyl (C=O) groups is 2. The maximum absolute atomic E-state index is 13.2. The number of hydrogen-bond acceptors (Lipinski definition) is 5. The summed E-state index contributed by atoms with van der Waals surface area (Å²) in [5, 5.41) is 0.461. The van der Waals surface area contributed by atoms with Crippen LogP contribution in [0, 0.1) is 6.92 Å². The maximum Gasteiger partial charge on any atom is 0.264 e. The number of benzene rings is 1. The third-order valence-corrected chi connectivity index (χ3v) is 5.52. The third-order valence-electron chi connectivity index (χ3n) is 4.34. The minimum Gasteiger partial charge on any atom is -0.370 e. The second-order valence-corrected chi connectivity index (χ2v) is 7.32. The summed E-state index contributed by atoms with van der Waals surface area (Å²) in [6.07, 6.45) is 1.52. The maximum atomic E-state index is 13.2. The summed E-state index contributed by atoms with van der Waals surface area (Å²) in [6, 6.07) is 9.52. The van der Waals surface area contributed by atoms with Crippen LogP contribution in [0.1, 0.15) is 27.2 Å². The summed E-state index contributed by atoms with van der Waals surface area (Å²) >= 11 is 1.20. The molecule has 0 aliphatic heterocycles. The smallest absolute Gasteiger partial charge is 0.264 e. The topological polar surface area (TPSA) is 98.3 Å². The van der Waals surface area contributed by atoms with Gasteiger partial charge in [-0.1, -0.05) is 30.3 Å². The number of thiophene rings is 1. The summed E-state index contributed by atoms with van der Waals surface area (Å²) < 4.78 is 1.39. The van der Waals surface area contributed by atoms with Gasteiger partial charge in [0.2, 0.25) is 5.91 Å². The first-order valence-electron chi connectivity index (χ1n) is 8.44. The Morgan fingerprint density at radius 1 is 1.26 bits per heavy atom. The zero-order chi connectivity index (χ0) is 19.6. The molecule has 1 aromatic carbocycles. The van der Waals surface area contributed by atoms with Crippen LogP contribution in [0.25, 0.3) is 10.2 Å². The van der Waals surface area contributed by atoms with E-state index in [1.807, 2.05) is 30.3 Å². The van der Waals surface area contributed by atoms with Crippen LogP contribution in [0.2, 0.25) is 0 Å². The highest BCUT2D eigenvalue weighted by molar-refractivity contribution is 7.20. The monoisotopic (exact) mass is 384 g/mol. The van der Waals surface area contributed by atoms with Crippen LogP contribution < -0.4 is 11.3 Å². The summed E-state index contributed by atoms with van der Waals surface area (Å²) in [5.41, 5.74) is 6.66. The number of fused-ring (bicyclic) bond motifs is 1. The molecule has 2 N–H and O–H groups in total. The van der Waals surface area contributed by atoms with Crippen molar-refractivity contribution in [2.24, 2.45) is 12.8 Å². The van der Waals surface area contributed by atoms with E-state index in [2.05, 4.69) is 4.98 Å². The van der Waals surface area contributed by atoms with Gasteiger partial charge < -0.3 is 15.2 Å². The summed E-state index contributed by atoms with van der Waals surface area (Å²) in [6.45, 7) is 2.32. The number of hydrogen-bond donors (Lipinski definition) is 1. The molecular weight excluding hydrogens is 364 g/mol. The van der Waals surface area contributed by atoms with Gasteiger partial charge in [0.05, 0.1) is 16.6 Å². The molecule has 0 saturated carbocycles. The lowest BCUT2D eigenvalue weighted by Gasteiger charge is -2.22. The van der Waals surface area contributed by atoms with Crippen LogP contribution in [0.4, 0.5) is 0 Å². The van der Waals surface area contributed by atoms with Gasteiger partial charge in [-0.25, -0.2) is 4.98 Å². The van der Waals surface area contributed by atoms with E-state index in [-0.39, 0.29) is 24.4 Å².